The molecule has 0 fully saturated rings. The van der Waals surface area contributed by atoms with Gasteiger partial charge in [-0.25, -0.2) is 4.79 Å². The monoisotopic (exact) mass is 273 g/mol. The highest BCUT2D eigenvalue weighted by molar-refractivity contribution is 6.31. The van der Waals surface area contributed by atoms with Crippen LogP contribution in [0.1, 0.15) is 28.4 Å². The van der Waals surface area contributed by atoms with E-state index in [0.29, 0.717) is 18.5 Å². The molecule has 5 nitrogen and oxygen atoms in total. The molecule has 18 heavy (non-hydrogen) atoms. The molecular formula is C12H16ClNO4. The number of hydrogen-bond donors (Lipinski definition) is 4. The maximum absolute atomic E-state index is 10.7. The predicted octanol–water partition coefficient (Wildman–Crippen LogP) is 1.04. The summed E-state index contributed by atoms with van der Waals surface area (Å²) in [5.74, 6) is -1.09. The maximum Gasteiger partial charge on any atom is 0.335 e. The van der Waals surface area contributed by atoms with Crippen LogP contribution in [-0.4, -0.2) is 41.0 Å². The summed E-state index contributed by atoms with van der Waals surface area (Å²) >= 11 is 5.90. The Hall–Kier alpha value is -1.14. The summed E-state index contributed by atoms with van der Waals surface area (Å²) in [5.41, 5.74) is 0.367. The highest BCUT2D eigenvalue weighted by Gasteiger charge is 2.21. The zero-order valence-electron chi connectivity index (χ0n) is 9.93. The van der Waals surface area contributed by atoms with E-state index in [0.717, 1.165) is 0 Å². The van der Waals surface area contributed by atoms with Crippen LogP contribution in [0.4, 0.5) is 0 Å². The van der Waals surface area contributed by atoms with Crippen molar-refractivity contribution < 1.29 is 20.1 Å². The molecule has 0 aliphatic heterocycles. The first-order valence-corrected chi connectivity index (χ1v) is 5.88. The molecule has 0 saturated heterocycles. The van der Waals surface area contributed by atoms with Crippen LogP contribution in [0.5, 0.6) is 0 Å². The topological polar surface area (TPSA) is 89.8 Å². The summed E-state index contributed by atoms with van der Waals surface area (Å²) in [4.78, 5) is 10.7. The molecule has 2 unspecified atom stereocenters. The largest absolute Gasteiger partial charge is 0.478 e. The molecule has 1 aromatic rings. The van der Waals surface area contributed by atoms with Crippen molar-refractivity contribution in [2.45, 2.75) is 18.6 Å². The molecule has 0 bridgehead atoms. The number of halogens is 1. The van der Waals surface area contributed by atoms with Crippen molar-refractivity contribution in [3.63, 3.8) is 0 Å². The maximum atomic E-state index is 10.7. The number of aromatic carboxylic acids is 1. The Morgan fingerprint density at radius 2 is 2.11 bits per heavy atom. The van der Waals surface area contributed by atoms with Crippen molar-refractivity contribution in [1.82, 2.24) is 5.32 Å². The summed E-state index contributed by atoms with van der Waals surface area (Å²) in [6.07, 6.45) is -1.71. The Bertz CT molecular complexity index is 425. The second kappa shape index (κ2) is 6.70. The van der Waals surface area contributed by atoms with Gasteiger partial charge in [0.2, 0.25) is 0 Å². The van der Waals surface area contributed by atoms with Gasteiger partial charge in [-0.1, -0.05) is 17.7 Å². The van der Waals surface area contributed by atoms with Gasteiger partial charge in [0.05, 0.1) is 11.7 Å². The van der Waals surface area contributed by atoms with Gasteiger partial charge >= 0.3 is 5.97 Å². The van der Waals surface area contributed by atoms with Crippen LogP contribution in [-0.2, 0) is 0 Å². The van der Waals surface area contributed by atoms with Crippen molar-refractivity contribution in [3.05, 3.63) is 34.3 Å². The average Bonchev–Trinajstić information content (AvgIpc) is 2.34. The second-order valence-corrected chi connectivity index (χ2v) is 4.35. The molecule has 0 saturated carbocycles. The van der Waals surface area contributed by atoms with Gasteiger partial charge in [0, 0.05) is 10.6 Å². The number of carboxylic acid groups (broad SMARTS) is 1. The standard InChI is InChI=1S/C12H16ClNO4/c1-14-5-4-10(15)11(16)8-3-2-7(12(17)18)6-9(8)13/h2-3,6,10-11,14-16H,4-5H2,1H3,(H,17,18). The molecule has 6 heteroatoms. The van der Waals surface area contributed by atoms with Crippen LogP contribution in [0, 0.1) is 0 Å². The fraction of sp³-hybridized carbons (Fsp3) is 0.417. The first-order chi connectivity index (χ1) is 8.47. The molecule has 0 spiro atoms. The van der Waals surface area contributed by atoms with E-state index in [9.17, 15) is 15.0 Å². The number of carboxylic acids is 1. The quantitative estimate of drug-likeness (QED) is 0.622. The number of benzene rings is 1. The van der Waals surface area contributed by atoms with Gasteiger partial charge in [-0.3, -0.25) is 0 Å². The van der Waals surface area contributed by atoms with Crippen LogP contribution in [0.2, 0.25) is 5.02 Å². The zero-order valence-corrected chi connectivity index (χ0v) is 10.7. The number of carbonyl (C=O) groups is 1. The van der Waals surface area contributed by atoms with Crippen LogP contribution in [0.25, 0.3) is 0 Å². The molecular weight excluding hydrogens is 258 g/mol. The third-order valence-corrected chi connectivity index (χ3v) is 2.95. The normalized spacial score (nSPS) is 14.2. The summed E-state index contributed by atoms with van der Waals surface area (Å²) in [7, 11) is 1.74. The minimum Gasteiger partial charge on any atom is -0.478 e. The van der Waals surface area contributed by atoms with E-state index >= 15 is 0 Å². The lowest BCUT2D eigenvalue weighted by molar-refractivity contribution is 0.0141. The van der Waals surface area contributed by atoms with Gasteiger partial charge in [-0.15, -0.1) is 0 Å². The van der Waals surface area contributed by atoms with Crippen LogP contribution in [0.15, 0.2) is 18.2 Å². The molecule has 0 aliphatic rings. The van der Waals surface area contributed by atoms with Crippen molar-refractivity contribution >= 4 is 17.6 Å². The highest BCUT2D eigenvalue weighted by atomic mass is 35.5. The van der Waals surface area contributed by atoms with Crippen molar-refractivity contribution in [1.29, 1.82) is 0 Å². The first-order valence-electron chi connectivity index (χ1n) is 5.50. The van der Waals surface area contributed by atoms with E-state index in [1.165, 1.54) is 18.2 Å². The average molecular weight is 274 g/mol. The van der Waals surface area contributed by atoms with E-state index in [4.69, 9.17) is 16.7 Å². The Morgan fingerprint density at radius 1 is 1.44 bits per heavy atom. The number of hydrogen-bond acceptors (Lipinski definition) is 4. The molecule has 0 aromatic heterocycles. The van der Waals surface area contributed by atoms with Gasteiger partial charge < -0.3 is 20.6 Å². The molecule has 1 rings (SSSR count). The summed E-state index contributed by atoms with van der Waals surface area (Å²) in [6.45, 7) is 0.559. The van der Waals surface area contributed by atoms with E-state index in [-0.39, 0.29) is 10.6 Å². The third-order valence-electron chi connectivity index (χ3n) is 2.62. The Kier molecular flexibility index (Phi) is 5.55. The molecule has 0 aliphatic carbocycles. The fourth-order valence-corrected chi connectivity index (χ4v) is 1.85. The lowest BCUT2D eigenvalue weighted by Gasteiger charge is -2.19. The van der Waals surface area contributed by atoms with Crippen LogP contribution < -0.4 is 5.32 Å². The number of rotatable bonds is 6. The Morgan fingerprint density at radius 3 is 2.61 bits per heavy atom. The number of aliphatic hydroxyl groups excluding tert-OH is 2. The van der Waals surface area contributed by atoms with Gasteiger partial charge in [0.1, 0.15) is 6.10 Å². The van der Waals surface area contributed by atoms with Gasteiger partial charge in [-0.2, -0.15) is 0 Å². The lowest BCUT2D eigenvalue weighted by Crippen LogP contribution is -2.23. The first kappa shape index (κ1) is 14.9. The molecule has 100 valence electrons. The Labute approximate surface area is 110 Å². The van der Waals surface area contributed by atoms with Crippen molar-refractivity contribution in [2.75, 3.05) is 13.6 Å². The van der Waals surface area contributed by atoms with E-state index in [2.05, 4.69) is 5.32 Å². The van der Waals surface area contributed by atoms with Gasteiger partial charge in [0.25, 0.3) is 0 Å². The molecule has 1 aromatic carbocycles. The fourth-order valence-electron chi connectivity index (χ4n) is 1.56. The molecule has 4 N–H and O–H groups in total. The molecule has 0 heterocycles. The van der Waals surface area contributed by atoms with E-state index in [1.807, 2.05) is 0 Å². The van der Waals surface area contributed by atoms with E-state index < -0.39 is 18.2 Å². The summed E-state index contributed by atoms with van der Waals surface area (Å²) in [6, 6.07) is 4.02. The summed E-state index contributed by atoms with van der Waals surface area (Å²) in [5, 5.41) is 31.4. The molecule has 2 atom stereocenters. The second-order valence-electron chi connectivity index (χ2n) is 3.95. The van der Waals surface area contributed by atoms with Gasteiger partial charge in [0.15, 0.2) is 0 Å². The number of nitrogens with one attached hydrogen (secondary N) is 1. The van der Waals surface area contributed by atoms with Crippen molar-refractivity contribution in [3.8, 4) is 0 Å². The minimum atomic E-state index is -1.13. The lowest BCUT2D eigenvalue weighted by atomic mass is 10.0. The van der Waals surface area contributed by atoms with Crippen molar-refractivity contribution in [2.24, 2.45) is 0 Å². The molecule has 0 radical (unpaired) electrons. The minimum absolute atomic E-state index is 0.0423. The highest BCUT2D eigenvalue weighted by Crippen LogP contribution is 2.27. The summed E-state index contributed by atoms with van der Waals surface area (Å²) < 4.78 is 0. The number of aliphatic hydroxyl groups is 2. The van der Waals surface area contributed by atoms with Crippen LogP contribution >= 0.6 is 11.6 Å². The third kappa shape index (κ3) is 3.68. The van der Waals surface area contributed by atoms with Gasteiger partial charge in [-0.05, 0) is 32.1 Å². The van der Waals surface area contributed by atoms with Crippen LogP contribution in [0.3, 0.4) is 0 Å². The smallest absolute Gasteiger partial charge is 0.335 e. The predicted molar refractivity (Wildman–Crippen MR) is 67.9 cm³/mol. The Balaban J connectivity index is 2.86. The zero-order chi connectivity index (χ0) is 13.7. The van der Waals surface area contributed by atoms with E-state index in [1.54, 1.807) is 7.05 Å². The molecule has 0 amide bonds. The SMILES string of the molecule is CNCCC(O)C(O)c1ccc(C(=O)O)cc1Cl.